The highest BCUT2D eigenvalue weighted by molar-refractivity contribution is 5.82. The molecule has 23 heavy (non-hydrogen) atoms. The number of benzene rings is 1. The Bertz CT molecular complexity index is 487. The van der Waals surface area contributed by atoms with Crippen LogP contribution in [0.5, 0.6) is 0 Å². The summed E-state index contributed by atoms with van der Waals surface area (Å²) < 4.78 is 0. The minimum absolute atomic E-state index is 0.0137. The number of nitrogens with one attached hydrogen (secondary N) is 1. The molecule has 0 aliphatic carbocycles. The maximum Gasteiger partial charge on any atom is 0.237 e. The summed E-state index contributed by atoms with van der Waals surface area (Å²) in [6, 6.07) is 10.4. The minimum Gasteiger partial charge on any atom is -0.352 e. The van der Waals surface area contributed by atoms with Gasteiger partial charge in [-0.1, -0.05) is 51.1 Å². The van der Waals surface area contributed by atoms with Gasteiger partial charge in [0.25, 0.3) is 0 Å². The number of amides is 1. The zero-order valence-corrected chi connectivity index (χ0v) is 14.7. The van der Waals surface area contributed by atoms with E-state index in [4.69, 9.17) is 5.73 Å². The monoisotopic (exact) mass is 317 g/mol. The first-order valence-electron chi connectivity index (χ1n) is 8.68. The van der Waals surface area contributed by atoms with Crippen molar-refractivity contribution < 1.29 is 4.79 Å². The molecule has 0 radical (unpaired) electrons. The summed E-state index contributed by atoms with van der Waals surface area (Å²) in [5.41, 5.74) is 7.22. The van der Waals surface area contributed by atoms with Crippen LogP contribution >= 0.6 is 0 Å². The van der Waals surface area contributed by atoms with Crippen LogP contribution in [0.3, 0.4) is 0 Å². The first kappa shape index (κ1) is 18.0. The number of rotatable bonds is 5. The standard InChI is InChI=1S/C19H31N3O/c1-19(2,3)17(20)18(23)21-16-10-13-22(14-11-16)12-9-15-7-5-4-6-8-15/h4-8,16-17H,9-14,20H2,1-3H3,(H,21,23)/t17-/m1/s1. The molecule has 1 atom stereocenters. The van der Waals surface area contributed by atoms with E-state index < -0.39 is 6.04 Å². The van der Waals surface area contributed by atoms with E-state index >= 15 is 0 Å². The molecule has 1 aliphatic rings. The van der Waals surface area contributed by atoms with Crippen molar-refractivity contribution in [3.8, 4) is 0 Å². The number of nitrogens with zero attached hydrogens (tertiary/aromatic N) is 1. The highest BCUT2D eigenvalue weighted by Gasteiger charge is 2.29. The molecule has 1 aromatic rings. The summed E-state index contributed by atoms with van der Waals surface area (Å²) >= 11 is 0. The van der Waals surface area contributed by atoms with Gasteiger partial charge < -0.3 is 16.0 Å². The van der Waals surface area contributed by atoms with E-state index in [0.717, 1.165) is 38.9 Å². The van der Waals surface area contributed by atoms with E-state index in [-0.39, 0.29) is 17.4 Å². The Morgan fingerprint density at radius 3 is 2.43 bits per heavy atom. The van der Waals surface area contributed by atoms with Gasteiger partial charge in [-0.05, 0) is 30.2 Å². The second-order valence-corrected chi connectivity index (χ2v) is 7.70. The normalized spacial score (nSPS) is 18.6. The molecule has 1 saturated heterocycles. The highest BCUT2D eigenvalue weighted by Crippen LogP contribution is 2.18. The molecule has 1 amide bonds. The van der Waals surface area contributed by atoms with Crippen molar-refractivity contribution in [1.82, 2.24) is 10.2 Å². The van der Waals surface area contributed by atoms with Crippen LogP contribution in [-0.2, 0) is 11.2 Å². The summed E-state index contributed by atoms with van der Waals surface area (Å²) in [7, 11) is 0. The molecule has 128 valence electrons. The van der Waals surface area contributed by atoms with Crippen molar-refractivity contribution in [3.05, 3.63) is 35.9 Å². The van der Waals surface area contributed by atoms with Gasteiger partial charge in [-0.3, -0.25) is 4.79 Å². The smallest absolute Gasteiger partial charge is 0.237 e. The van der Waals surface area contributed by atoms with Crippen molar-refractivity contribution in [1.29, 1.82) is 0 Å². The van der Waals surface area contributed by atoms with Crippen LogP contribution in [0.4, 0.5) is 0 Å². The molecule has 1 fully saturated rings. The number of carbonyl (C=O) groups excluding carboxylic acids is 1. The molecule has 0 spiro atoms. The Hall–Kier alpha value is -1.39. The van der Waals surface area contributed by atoms with Crippen molar-refractivity contribution in [2.75, 3.05) is 19.6 Å². The lowest BCUT2D eigenvalue weighted by Crippen LogP contribution is -2.53. The second-order valence-electron chi connectivity index (χ2n) is 7.70. The topological polar surface area (TPSA) is 58.4 Å². The van der Waals surface area contributed by atoms with Crippen LogP contribution in [0.1, 0.15) is 39.2 Å². The third-order valence-electron chi connectivity index (χ3n) is 4.71. The quantitative estimate of drug-likeness (QED) is 0.875. The zero-order valence-electron chi connectivity index (χ0n) is 14.7. The van der Waals surface area contributed by atoms with E-state index in [9.17, 15) is 4.79 Å². The lowest BCUT2D eigenvalue weighted by molar-refractivity contribution is -0.125. The van der Waals surface area contributed by atoms with Crippen LogP contribution in [0.2, 0.25) is 0 Å². The molecular weight excluding hydrogens is 286 g/mol. The Labute approximate surface area is 140 Å². The summed E-state index contributed by atoms with van der Waals surface area (Å²) in [6.45, 7) is 9.19. The van der Waals surface area contributed by atoms with E-state index in [1.54, 1.807) is 0 Å². The van der Waals surface area contributed by atoms with Gasteiger partial charge in [0.15, 0.2) is 0 Å². The van der Waals surface area contributed by atoms with Crippen LogP contribution in [0, 0.1) is 5.41 Å². The van der Waals surface area contributed by atoms with Gasteiger partial charge in [-0.15, -0.1) is 0 Å². The fraction of sp³-hybridized carbons (Fsp3) is 0.632. The number of hydrogen-bond acceptors (Lipinski definition) is 3. The molecule has 1 aromatic carbocycles. The molecule has 4 nitrogen and oxygen atoms in total. The van der Waals surface area contributed by atoms with Crippen LogP contribution < -0.4 is 11.1 Å². The Morgan fingerprint density at radius 2 is 1.87 bits per heavy atom. The summed E-state index contributed by atoms with van der Waals surface area (Å²) in [6.07, 6.45) is 3.11. The second kappa shape index (κ2) is 7.93. The average Bonchev–Trinajstić information content (AvgIpc) is 2.53. The molecule has 1 aliphatic heterocycles. The lowest BCUT2D eigenvalue weighted by atomic mass is 9.86. The number of carbonyl (C=O) groups is 1. The van der Waals surface area contributed by atoms with Crippen molar-refractivity contribution in [3.63, 3.8) is 0 Å². The number of hydrogen-bond donors (Lipinski definition) is 2. The molecule has 0 bridgehead atoms. The number of piperidine rings is 1. The summed E-state index contributed by atoms with van der Waals surface area (Å²) in [4.78, 5) is 14.7. The number of likely N-dealkylation sites (tertiary alicyclic amines) is 1. The minimum atomic E-state index is -0.446. The largest absolute Gasteiger partial charge is 0.352 e. The third kappa shape index (κ3) is 5.63. The van der Waals surface area contributed by atoms with Crippen molar-refractivity contribution >= 4 is 5.91 Å². The van der Waals surface area contributed by atoms with Gasteiger partial charge in [0, 0.05) is 25.7 Å². The van der Waals surface area contributed by atoms with E-state index in [0.29, 0.717) is 0 Å². The fourth-order valence-corrected chi connectivity index (χ4v) is 2.92. The van der Waals surface area contributed by atoms with E-state index in [1.165, 1.54) is 5.56 Å². The average molecular weight is 317 g/mol. The maximum atomic E-state index is 12.2. The van der Waals surface area contributed by atoms with Gasteiger partial charge >= 0.3 is 0 Å². The molecule has 0 aromatic heterocycles. The SMILES string of the molecule is CC(C)(C)[C@H](N)C(=O)NC1CCN(CCc2ccccc2)CC1. The van der Waals surface area contributed by atoms with Crippen molar-refractivity contribution in [2.45, 2.75) is 52.1 Å². The molecule has 0 unspecified atom stereocenters. The third-order valence-corrected chi connectivity index (χ3v) is 4.71. The fourth-order valence-electron chi connectivity index (χ4n) is 2.92. The predicted octanol–water partition coefficient (Wildman–Crippen LogP) is 2.18. The maximum absolute atomic E-state index is 12.2. The Morgan fingerprint density at radius 1 is 1.26 bits per heavy atom. The Balaban J connectivity index is 1.71. The lowest BCUT2D eigenvalue weighted by Gasteiger charge is -2.34. The molecule has 4 heteroatoms. The molecule has 3 N–H and O–H groups in total. The molecule has 0 saturated carbocycles. The van der Waals surface area contributed by atoms with Gasteiger partial charge in [-0.25, -0.2) is 0 Å². The van der Waals surface area contributed by atoms with Crippen LogP contribution in [0.15, 0.2) is 30.3 Å². The van der Waals surface area contributed by atoms with Crippen molar-refractivity contribution in [2.24, 2.45) is 11.1 Å². The van der Waals surface area contributed by atoms with Gasteiger partial charge in [0.1, 0.15) is 0 Å². The summed E-state index contributed by atoms with van der Waals surface area (Å²) in [5, 5.41) is 3.13. The van der Waals surface area contributed by atoms with Crippen LogP contribution in [0.25, 0.3) is 0 Å². The van der Waals surface area contributed by atoms with Crippen LogP contribution in [-0.4, -0.2) is 42.5 Å². The number of nitrogens with two attached hydrogens (primary N) is 1. The highest BCUT2D eigenvalue weighted by atomic mass is 16.2. The van der Waals surface area contributed by atoms with Gasteiger partial charge in [0.05, 0.1) is 6.04 Å². The Kier molecular flexibility index (Phi) is 6.19. The molecule has 2 rings (SSSR count). The first-order valence-corrected chi connectivity index (χ1v) is 8.68. The molecule has 1 heterocycles. The summed E-state index contributed by atoms with van der Waals surface area (Å²) in [5.74, 6) is -0.0137. The predicted molar refractivity (Wildman–Crippen MR) is 95.2 cm³/mol. The van der Waals surface area contributed by atoms with Gasteiger partial charge in [-0.2, -0.15) is 0 Å². The first-order chi connectivity index (χ1) is 10.9. The molecular formula is C19H31N3O. The van der Waals surface area contributed by atoms with E-state index in [2.05, 4.69) is 40.5 Å². The van der Waals surface area contributed by atoms with E-state index in [1.807, 2.05) is 20.8 Å². The zero-order chi connectivity index (χ0) is 16.9. The van der Waals surface area contributed by atoms with Gasteiger partial charge in [0.2, 0.25) is 5.91 Å².